The van der Waals surface area contributed by atoms with E-state index in [1.165, 1.54) is 44.1 Å². The van der Waals surface area contributed by atoms with Gasteiger partial charge in [-0.2, -0.15) is 0 Å². The molecule has 1 aromatic carbocycles. The zero-order chi connectivity index (χ0) is 9.64. The van der Waals surface area contributed by atoms with Gasteiger partial charge >= 0.3 is 27.3 Å². The van der Waals surface area contributed by atoms with E-state index in [0.29, 0.717) is 0 Å². The van der Waals surface area contributed by atoms with Crippen molar-refractivity contribution < 1.29 is 0 Å². The van der Waals surface area contributed by atoms with Crippen molar-refractivity contribution in [2.45, 2.75) is 38.5 Å². The molecule has 0 atom stereocenters. The van der Waals surface area contributed by atoms with Crippen LogP contribution in [-0.4, -0.2) is 27.3 Å². The van der Waals surface area contributed by atoms with Crippen molar-refractivity contribution in [3.63, 3.8) is 0 Å². The molecule has 0 saturated heterocycles. The number of hydrogen-bond acceptors (Lipinski definition) is 0. The fraction of sp³-hybridized carbons (Fsp3) is 0.429. The van der Waals surface area contributed by atoms with Crippen LogP contribution in [0.15, 0.2) is 42.0 Å². The van der Waals surface area contributed by atoms with Gasteiger partial charge in [0, 0.05) is 0 Å². The molecule has 1 aliphatic carbocycles. The standard InChI is InChI=1S/C14H18.Pb.2H/c1-2-5-9-13(8-4-1)12-14-10-6-3-7-11-14;;;/h3,6-8,10-11H,1-2,4-5,9,12H2;;;. The van der Waals surface area contributed by atoms with Crippen LogP contribution in [0.2, 0.25) is 0 Å². The Morgan fingerprint density at radius 3 is 2.53 bits per heavy atom. The van der Waals surface area contributed by atoms with E-state index >= 15 is 0 Å². The summed E-state index contributed by atoms with van der Waals surface area (Å²) in [5.41, 5.74) is 3.11. The molecular weight excluding hydrogens is 375 g/mol. The first-order valence-corrected chi connectivity index (χ1v) is 5.67. The second-order valence-electron chi connectivity index (χ2n) is 4.12. The van der Waals surface area contributed by atoms with Crippen molar-refractivity contribution in [3.8, 4) is 0 Å². The van der Waals surface area contributed by atoms with Crippen molar-refractivity contribution in [2.75, 3.05) is 0 Å². The average molecular weight is 396 g/mol. The molecule has 0 heterocycles. The van der Waals surface area contributed by atoms with Crippen LogP contribution in [0.5, 0.6) is 0 Å². The monoisotopic (exact) mass is 396 g/mol. The van der Waals surface area contributed by atoms with E-state index in [0.717, 1.165) is 0 Å². The predicted molar refractivity (Wildman–Crippen MR) is 69.9 cm³/mol. The fourth-order valence-electron chi connectivity index (χ4n) is 2.10. The Morgan fingerprint density at radius 2 is 1.73 bits per heavy atom. The van der Waals surface area contributed by atoms with Crippen LogP contribution in [0.3, 0.4) is 0 Å². The molecular formula is C14H20Pb. The van der Waals surface area contributed by atoms with Crippen LogP contribution in [0.4, 0.5) is 0 Å². The zero-order valence-corrected chi connectivity index (χ0v) is 14.9. The van der Waals surface area contributed by atoms with Gasteiger partial charge in [-0.15, -0.1) is 0 Å². The molecule has 0 saturated carbocycles. The molecule has 2 radical (unpaired) electrons. The molecule has 1 aliphatic rings. The summed E-state index contributed by atoms with van der Waals surface area (Å²) in [4.78, 5) is 0. The summed E-state index contributed by atoms with van der Waals surface area (Å²) in [5, 5.41) is 0. The summed E-state index contributed by atoms with van der Waals surface area (Å²) < 4.78 is 0. The van der Waals surface area contributed by atoms with E-state index in [9.17, 15) is 0 Å². The van der Waals surface area contributed by atoms with E-state index in [4.69, 9.17) is 0 Å². The van der Waals surface area contributed by atoms with Gasteiger partial charge in [-0.1, -0.05) is 48.4 Å². The maximum atomic E-state index is 2.46. The van der Waals surface area contributed by atoms with Gasteiger partial charge in [0.05, 0.1) is 0 Å². The van der Waals surface area contributed by atoms with Crippen LogP contribution in [-0.2, 0) is 6.42 Å². The summed E-state index contributed by atoms with van der Waals surface area (Å²) in [5.74, 6) is 0. The van der Waals surface area contributed by atoms with Crippen molar-refractivity contribution in [1.29, 1.82) is 0 Å². The molecule has 0 aliphatic heterocycles. The third-order valence-electron chi connectivity index (χ3n) is 2.91. The van der Waals surface area contributed by atoms with Gasteiger partial charge in [-0.05, 0) is 37.7 Å². The molecule has 0 nitrogen and oxygen atoms in total. The Labute approximate surface area is 113 Å². The quantitative estimate of drug-likeness (QED) is 0.533. The van der Waals surface area contributed by atoms with Gasteiger partial charge in [0.25, 0.3) is 0 Å². The second kappa shape index (κ2) is 7.20. The third kappa shape index (κ3) is 4.49. The summed E-state index contributed by atoms with van der Waals surface area (Å²) in [6.45, 7) is 0. The molecule has 1 aromatic rings. The molecule has 0 bridgehead atoms. The molecule has 0 unspecified atom stereocenters. The van der Waals surface area contributed by atoms with Crippen molar-refractivity contribution in [3.05, 3.63) is 47.5 Å². The molecule has 1 heteroatoms. The van der Waals surface area contributed by atoms with E-state index in [-0.39, 0.29) is 27.3 Å². The maximum absolute atomic E-state index is 2.46. The minimum absolute atomic E-state index is 0. The van der Waals surface area contributed by atoms with Gasteiger partial charge < -0.3 is 0 Å². The third-order valence-corrected chi connectivity index (χ3v) is 2.91. The molecule has 0 fully saturated rings. The number of rotatable bonds is 2. The van der Waals surface area contributed by atoms with Gasteiger partial charge in [-0.25, -0.2) is 0 Å². The van der Waals surface area contributed by atoms with Gasteiger partial charge in [0.1, 0.15) is 0 Å². The Kier molecular flexibility index (Phi) is 6.22. The van der Waals surface area contributed by atoms with Crippen molar-refractivity contribution >= 4 is 27.3 Å². The minimum atomic E-state index is 0. The molecule has 15 heavy (non-hydrogen) atoms. The van der Waals surface area contributed by atoms with Crippen LogP contribution >= 0.6 is 0 Å². The number of allylic oxidation sites excluding steroid dienone is 2. The van der Waals surface area contributed by atoms with E-state index < -0.39 is 0 Å². The summed E-state index contributed by atoms with van der Waals surface area (Å²) in [7, 11) is 0. The van der Waals surface area contributed by atoms with Gasteiger partial charge in [0.2, 0.25) is 0 Å². The van der Waals surface area contributed by atoms with Crippen LogP contribution in [0, 0.1) is 0 Å². The Bertz CT molecular complexity index is 300. The Hall–Kier alpha value is -0.118. The number of benzene rings is 1. The van der Waals surface area contributed by atoms with E-state index in [2.05, 4.69) is 36.4 Å². The first-order chi connectivity index (χ1) is 6.95. The summed E-state index contributed by atoms with van der Waals surface area (Å²) in [6.07, 6.45) is 10.4. The van der Waals surface area contributed by atoms with Crippen molar-refractivity contribution in [1.82, 2.24) is 0 Å². The van der Waals surface area contributed by atoms with Crippen molar-refractivity contribution in [2.24, 2.45) is 0 Å². The summed E-state index contributed by atoms with van der Waals surface area (Å²) in [6, 6.07) is 10.8. The summed E-state index contributed by atoms with van der Waals surface area (Å²) >= 11 is 0. The Balaban J connectivity index is 0.00000112. The van der Waals surface area contributed by atoms with Gasteiger partial charge in [0.15, 0.2) is 0 Å². The predicted octanol–water partition coefficient (Wildman–Crippen LogP) is 3.20. The van der Waals surface area contributed by atoms with E-state index in [1.807, 2.05) is 0 Å². The normalized spacial score (nSPS) is 16.1. The van der Waals surface area contributed by atoms with Crippen LogP contribution in [0.1, 0.15) is 37.7 Å². The molecule has 0 aromatic heterocycles. The van der Waals surface area contributed by atoms with Crippen LogP contribution < -0.4 is 0 Å². The van der Waals surface area contributed by atoms with Gasteiger partial charge in [-0.3, -0.25) is 0 Å². The average Bonchev–Trinajstić information content (AvgIpc) is 2.48. The first-order valence-electron chi connectivity index (χ1n) is 5.67. The topological polar surface area (TPSA) is 0 Å². The second-order valence-corrected chi connectivity index (χ2v) is 4.12. The van der Waals surface area contributed by atoms with E-state index in [1.54, 1.807) is 5.57 Å². The fourth-order valence-corrected chi connectivity index (χ4v) is 2.10. The number of hydrogen-bond donors (Lipinski definition) is 0. The molecule has 0 spiro atoms. The molecule has 0 N–H and O–H groups in total. The zero-order valence-electron chi connectivity index (χ0n) is 9.41. The molecule has 80 valence electrons. The Morgan fingerprint density at radius 1 is 0.933 bits per heavy atom. The molecule has 0 amide bonds. The van der Waals surface area contributed by atoms with Crippen LogP contribution in [0.25, 0.3) is 0 Å². The SMILES string of the molecule is C1=C(Cc2ccccc2)CCCCC1.[PbH2]. The molecule has 2 rings (SSSR count). The first kappa shape index (κ1) is 12.9.